The van der Waals surface area contributed by atoms with Crippen LogP contribution >= 0.6 is 22.6 Å². The molecule has 0 aliphatic heterocycles. The van der Waals surface area contributed by atoms with Gasteiger partial charge in [0.1, 0.15) is 0 Å². The number of rotatable bonds is 10. The van der Waals surface area contributed by atoms with Crippen LogP contribution in [0, 0.1) is 0 Å². The maximum absolute atomic E-state index is 14.3. The van der Waals surface area contributed by atoms with Crippen molar-refractivity contribution in [3.05, 3.63) is 0 Å². The first-order valence-corrected chi connectivity index (χ1v) is 9.05. The van der Waals surface area contributed by atoms with E-state index in [0.29, 0.717) is 12.8 Å². The van der Waals surface area contributed by atoms with Gasteiger partial charge in [-0.3, -0.25) is 0 Å². The van der Waals surface area contributed by atoms with Crippen LogP contribution in [0.3, 0.4) is 0 Å². The summed E-state index contributed by atoms with van der Waals surface area (Å²) in [7, 11) is 0. The van der Waals surface area contributed by atoms with Crippen molar-refractivity contribution in [2.75, 3.05) is 0 Å². The molecule has 0 amide bonds. The third-order valence-electron chi connectivity index (χ3n) is 4.23. The van der Waals surface area contributed by atoms with Crippen molar-refractivity contribution in [2.24, 2.45) is 0 Å². The summed E-state index contributed by atoms with van der Waals surface area (Å²) >= 11 is 1.39. The zero-order valence-corrected chi connectivity index (χ0v) is 16.1. The van der Waals surface area contributed by atoms with Gasteiger partial charge in [0.15, 0.2) is 0 Å². The summed E-state index contributed by atoms with van der Waals surface area (Å²) in [6, 6.07) is 0. The van der Waals surface area contributed by atoms with Crippen LogP contribution in [0.2, 0.25) is 0 Å². The Morgan fingerprint density at radius 3 is 1.52 bits per heavy atom. The molecule has 0 aliphatic carbocycles. The monoisotopic (exact) mass is 500 g/mol. The summed E-state index contributed by atoms with van der Waals surface area (Å²) in [6.07, 6.45) is -11.7. The molecule has 0 saturated carbocycles. The van der Waals surface area contributed by atoms with E-state index in [2.05, 4.69) is 0 Å². The predicted octanol–water partition coefficient (Wildman–Crippen LogP) is 7.79. The molecule has 0 heterocycles. The molecule has 0 aromatic heterocycles. The molecule has 2 unspecified atom stereocenters. The van der Waals surface area contributed by atoms with Crippen LogP contribution in [-0.4, -0.2) is 27.4 Å². The molecule has 10 heteroatoms. The van der Waals surface area contributed by atoms with Gasteiger partial charge in [0.05, 0.1) is 0 Å². The van der Waals surface area contributed by atoms with Crippen LogP contribution in [0.25, 0.3) is 0 Å². The van der Waals surface area contributed by atoms with Crippen LogP contribution in [0.4, 0.5) is 39.5 Å². The molecule has 2 atom stereocenters. The van der Waals surface area contributed by atoms with Gasteiger partial charge in [-0.1, -0.05) is 68.5 Å². The van der Waals surface area contributed by atoms with Crippen LogP contribution in [-0.2, 0) is 0 Å². The summed E-state index contributed by atoms with van der Waals surface area (Å²) in [5.41, 5.74) is -5.67. The standard InChI is InChI=1S/C15H22F9I/c1-3-5-6-7-8-9-11(25,4-2)10-12(16,14(19,20)21)13(17,18)15(22,23)24/h3-10H2,1-2H3. The van der Waals surface area contributed by atoms with E-state index in [1.54, 1.807) is 0 Å². The smallest absolute Gasteiger partial charge is 0.227 e. The fourth-order valence-electron chi connectivity index (χ4n) is 2.49. The summed E-state index contributed by atoms with van der Waals surface area (Å²) in [6.45, 7) is 3.29. The number of alkyl halides is 10. The average molecular weight is 500 g/mol. The fourth-order valence-corrected chi connectivity index (χ4v) is 3.39. The second-order valence-corrected chi connectivity index (χ2v) is 8.50. The normalized spacial score (nSPS) is 18.7. The third kappa shape index (κ3) is 6.05. The van der Waals surface area contributed by atoms with Gasteiger partial charge in [-0.15, -0.1) is 0 Å². The second-order valence-electron chi connectivity index (χ2n) is 6.22. The van der Waals surface area contributed by atoms with E-state index in [-0.39, 0.29) is 12.8 Å². The second kappa shape index (κ2) is 8.86. The fraction of sp³-hybridized carbons (Fsp3) is 1.00. The Morgan fingerprint density at radius 2 is 1.16 bits per heavy atom. The van der Waals surface area contributed by atoms with E-state index in [9.17, 15) is 39.5 Å². The first kappa shape index (κ1) is 25.1. The van der Waals surface area contributed by atoms with E-state index in [0.717, 1.165) is 19.3 Å². The van der Waals surface area contributed by atoms with Crippen molar-refractivity contribution < 1.29 is 39.5 Å². The van der Waals surface area contributed by atoms with Crippen molar-refractivity contribution in [3.63, 3.8) is 0 Å². The topological polar surface area (TPSA) is 0 Å². The van der Waals surface area contributed by atoms with E-state index in [1.165, 1.54) is 29.5 Å². The lowest BCUT2D eigenvalue weighted by Crippen LogP contribution is -2.64. The highest BCUT2D eigenvalue weighted by atomic mass is 127. The molecule has 0 bridgehead atoms. The number of hydrogen-bond donors (Lipinski definition) is 0. The molecule has 0 rings (SSSR count). The lowest BCUT2D eigenvalue weighted by atomic mass is 9.82. The van der Waals surface area contributed by atoms with Gasteiger partial charge in [0.25, 0.3) is 5.67 Å². The molecule has 0 N–H and O–H groups in total. The van der Waals surface area contributed by atoms with Crippen molar-refractivity contribution in [3.8, 4) is 0 Å². The molecule has 0 aromatic carbocycles. The molecule has 0 aromatic rings. The third-order valence-corrected chi connectivity index (χ3v) is 5.91. The van der Waals surface area contributed by atoms with Crippen molar-refractivity contribution in [2.45, 2.75) is 92.6 Å². The Hall–Kier alpha value is 0.1000. The molecule has 152 valence electrons. The quantitative estimate of drug-likeness (QED) is 0.124. The molecule has 0 spiro atoms. The van der Waals surface area contributed by atoms with Crippen LogP contribution < -0.4 is 0 Å². The zero-order valence-electron chi connectivity index (χ0n) is 13.9. The van der Waals surface area contributed by atoms with Gasteiger partial charge in [0.2, 0.25) is 0 Å². The first-order chi connectivity index (χ1) is 11.1. The molecule has 0 nitrogen and oxygen atoms in total. The Bertz CT molecular complexity index is 405. The molecule has 25 heavy (non-hydrogen) atoms. The SMILES string of the molecule is CCCCCCCC(I)(CC)CC(F)(C(F)(F)F)C(F)(F)C(F)(F)F. The lowest BCUT2D eigenvalue weighted by molar-refractivity contribution is -0.385. The lowest BCUT2D eigenvalue weighted by Gasteiger charge is -2.40. The minimum absolute atomic E-state index is 0.0660. The van der Waals surface area contributed by atoms with Gasteiger partial charge >= 0.3 is 18.3 Å². The van der Waals surface area contributed by atoms with Gasteiger partial charge in [-0.2, -0.15) is 35.1 Å². The maximum atomic E-state index is 14.3. The Morgan fingerprint density at radius 1 is 0.680 bits per heavy atom. The summed E-state index contributed by atoms with van der Waals surface area (Å²) in [5, 5.41) is 0. The molecule has 0 radical (unpaired) electrons. The highest BCUT2D eigenvalue weighted by Crippen LogP contribution is 2.57. The van der Waals surface area contributed by atoms with Gasteiger partial charge in [-0.05, 0) is 12.8 Å². The molecule has 0 saturated heterocycles. The minimum Gasteiger partial charge on any atom is -0.227 e. The van der Waals surface area contributed by atoms with Crippen LogP contribution in [0.5, 0.6) is 0 Å². The largest absolute Gasteiger partial charge is 0.457 e. The van der Waals surface area contributed by atoms with Crippen LogP contribution in [0.1, 0.15) is 65.2 Å². The van der Waals surface area contributed by atoms with Crippen molar-refractivity contribution in [1.82, 2.24) is 0 Å². The van der Waals surface area contributed by atoms with E-state index in [4.69, 9.17) is 0 Å². The zero-order chi connectivity index (χ0) is 20.2. The first-order valence-electron chi connectivity index (χ1n) is 7.97. The van der Waals surface area contributed by atoms with E-state index in [1.807, 2.05) is 6.92 Å². The summed E-state index contributed by atoms with van der Waals surface area (Å²) in [4.78, 5) is 0. The van der Waals surface area contributed by atoms with Gasteiger partial charge < -0.3 is 0 Å². The van der Waals surface area contributed by atoms with Gasteiger partial charge in [-0.25, -0.2) is 4.39 Å². The van der Waals surface area contributed by atoms with Gasteiger partial charge in [0, 0.05) is 9.84 Å². The van der Waals surface area contributed by atoms with E-state index < -0.39 is 33.8 Å². The Balaban J connectivity index is 5.49. The van der Waals surface area contributed by atoms with Crippen LogP contribution in [0.15, 0.2) is 0 Å². The Labute approximate surface area is 155 Å². The number of unbranched alkanes of at least 4 members (excludes halogenated alkanes) is 4. The highest BCUT2D eigenvalue weighted by molar-refractivity contribution is 14.1. The number of hydrogen-bond acceptors (Lipinski definition) is 0. The summed E-state index contributed by atoms with van der Waals surface area (Å²) < 4.78 is 116. The molecule has 0 aliphatic rings. The Kier molecular flexibility index (Phi) is 8.89. The maximum Gasteiger partial charge on any atom is 0.457 e. The van der Waals surface area contributed by atoms with E-state index >= 15 is 0 Å². The highest BCUT2D eigenvalue weighted by Gasteiger charge is 2.81. The summed E-state index contributed by atoms with van der Waals surface area (Å²) in [5.74, 6) is -6.52. The predicted molar refractivity (Wildman–Crippen MR) is 85.9 cm³/mol. The van der Waals surface area contributed by atoms with Crippen molar-refractivity contribution >= 4 is 22.6 Å². The average Bonchev–Trinajstić information content (AvgIpc) is 2.44. The minimum atomic E-state index is -6.64. The molecular weight excluding hydrogens is 478 g/mol. The molecule has 0 fully saturated rings. The molecular formula is C15H22F9I. The van der Waals surface area contributed by atoms with Crippen molar-refractivity contribution in [1.29, 1.82) is 0 Å². The number of halogens is 10.